The largest absolute Gasteiger partial charge is 0.493 e. The summed E-state index contributed by atoms with van der Waals surface area (Å²) >= 11 is 0. The normalized spacial score (nSPS) is 16.5. The molecule has 1 aromatic heterocycles. The van der Waals surface area contributed by atoms with Crippen molar-refractivity contribution in [2.24, 2.45) is 0 Å². The molecule has 148 valence electrons. The van der Waals surface area contributed by atoms with E-state index in [2.05, 4.69) is 27.9 Å². The van der Waals surface area contributed by atoms with Crippen molar-refractivity contribution >= 4 is 11.7 Å². The van der Waals surface area contributed by atoms with Crippen LogP contribution in [-0.4, -0.2) is 53.6 Å². The highest BCUT2D eigenvalue weighted by molar-refractivity contribution is 5.79. The van der Waals surface area contributed by atoms with Crippen LogP contribution in [-0.2, 0) is 24.1 Å². The number of carbonyl (C=O) groups excluding carboxylic acids is 1. The van der Waals surface area contributed by atoms with Crippen molar-refractivity contribution in [3.63, 3.8) is 0 Å². The number of aromatic nitrogens is 2. The molecule has 0 spiro atoms. The number of amides is 1. The van der Waals surface area contributed by atoms with Crippen LogP contribution in [0.3, 0.4) is 0 Å². The zero-order valence-corrected chi connectivity index (χ0v) is 16.8. The van der Waals surface area contributed by atoms with Gasteiger partial charge in [-0.25, -0.2) is 9.97 Å². The van der Waals surface area contributed by atoms with Gasteiger partial charge in [0.05, 0.1) is 13.0 Å². The van der Waals surface area contributed by atoms with Gasteiger partial charge in [0.15, 0.2) is 0 Å². The summed E-state index contributed by atoms with van der Waals surface area (Å²) in [5.74, 6) is 3.03. The van der Waals surface area contributed by atoms with Crippen molar-refractivity contribution < 1.29 is 9.53 Å². The summed E-state index contributed by atoms with van der Waals surface area (Å²) in [6, 6.07) is 8.20. The third kappa shape index (κ3) is 4.11. The van der Waals surface area contributed by atoms with Gasteiger partial charge in [0.1, 0.15) is 17.4 Å². The SMILES string of the molecule is CCc1nc(C)cc(N2CCN(C(=O)Cc3ccc4c(c3)CCCO4)CC2)n1. The van der Waals surface area contributed by atoms with Gasteiger partial charge in [-0.1, -0.05) is 19.1 Å². The number of rotatable bonds is 4. The van der Waals surface area contributed by atoms with Crippen LogP contribution < -0.4 is 9.64 Å². The van der Waals surface area contributed by atoms with Crippen LogP contribution in [0.5, 0.6) is 5.75 Å². The molecule has 2 aliphatic heterocycles. The number of fused-ring (bicyclic) bond motifs is 1. The molecule has 0 saturated carbocycles. The molecule has 2 aliphatic rings. The van der Waals surface area contributed by atoms with E-state index in [-0.39, 0.29) is 5.91 Å². The van der Waals surface area contributed by atoms with Gasteiger partial charge >= 0.3 is 0 Å². The Labute approximate surface area is 166 Å². The maximum Gasteiger partial charge on any atom is 0.227 e. The first-order valence-electron chi connectivity index (χ1n) is 10.2. The van der Waals surface area contributed by atoms with Gasteiger partial charge in [0.2, 0.25) is 5.91 Å². The second-order valence-corrected chi connectivity index (χ2v) is 7.58. The second kappa shape index (κ2) is 8.17. The van der Waals surface area contributed by atoms with Crippen molar-refractivity contribution in [2.45, 2.75) is 39.5 Å². The Morgan fingerprint density at radius 2 is 1.96 bits per heavy atom. The fraction of sp³-hybridized carbons (Fsp3) is 0.500. The lowest BCUT2D eigenvalue weighted by atomic mass is 10.0. The zero-order chi connectivity index (χ0) is 19.5. The number of ether oxygens (including phenoxy) is 1. The molecule has 1 amide bonds. The highest BCUT2D eigenvalue weighted by Gasteiger charge is 2.23. The first-order chi connectivity index (χ1) is 13.6. The van der Waals surface area contributed by atoms with Crippen LogP contribution in [0.2, 0.25) is 0 Å². The molecule has 6 heteroatoms. The summed E-state index contributed by atoms with van der Waals surface area (Å²) in [4.78, 5) is 26.1. The number of piperazine rings is 1. The number of hydrogen-bond acceptors (Lipinski definition) is 5. The number of nitrogens with zero attached hydrogens (tertiary/aromatic N) is 4. The summed E-state index contributed by atoms with van der Waals surface area (Å²) in [6.45, 7) is 7.96. The van der Waals surface area contributed by atoms with Crippen LogP contribution in [0.1, 0.15) is 36.0 Å². The minimum Gasteiger partial charge on any atom is -0.493 e. The van der Waals surface area contributed by atoms with E-state index < -0.39 is 0 Å². The summed E-state index contributed by atoms with van der Waals surface area (Å²) in [5.41, 5.74) is 3.31. The van der Waals surface area contributed by atoms with E-state index in [0.717, 1.165) is 80.7 Å². The Bertz CT molecular complexity index is 860. The Morgan fingerprint density at radius 3 is 2.75 bits per heavy atom. The average Bonchev–Trinajstić information content (AvgIpc) is 2.73. The summed E-state index contributed by atoms with van der Waals surface area (Å²) < 4.78 is 5.67. The molecule has 0 N–H and O–H groups in total. The van der Waals surface area contributed by atoms with Gasteiger partial charge in [-0.05, 0) is 37.0 Å². The molecule has 28 heavy (non-hydrogen) atoms. The van der Waals surface area contributed by atoms with Crippen molar-refractivity contribution in [1.82, 2.24) is 14.9 Å². The predicted octanol–water partition coefficient (Wildman–Crippen LogP) is 2.56. The fourth-order valence-electron chi connectivity index (χ4n) is 3.93. The highest BCUT2D eigenvalue weighted by atomic mass is 16.5. The molecular weight excluding hydrogens is 352 g/mol. The molecule has 1 saturated heterocycles. The topological polar surface area (TPSA) is 58.6 Å². The van der Waals surface area contributed by atoms with E-state index in [1.807, 2.05) is 30.0 Å². The average molecular weight is 380 g/mol. The predicted molar refractivity (Wildman–Crippen MR) is 109 cm³/mol. The van der Waals surface area contributed by atoms with Gasteiger partial charge in [0, 0.05) is 44.4 Å². The Balaban J connectivity index is 1.36. The van der Waals surface area contributed by atoms with Crippen LogP contribution in [0, 0.1) is 6.92 Å². The Morgan fingerprint density at radius 1 is 1.14 bits per heavy atom. The Hall–Kier alpha value is -2.63. The van der Waals surface area contributed by atoms with E-state index in [9.17, 15) is 4.79 Å². The smallest absolute Gasteiger partial charge is 0.227 e. The summed E-state index contributed by atoms with van der Waals surface area (Å²) in [5, 5.41) is 0. The molecule has 0 atom stereocenters. The second-order valence-electron chi connectivity index (χ2n) is 7.58. The quantitative estimate of drug-likeness (QED) is 0.816. The van der Waals surface area contributed by atoms with E-state index in [1.165, 1.54) is 5.56 Å². The molecular formula is C22H28N4O2. The van der Waals surface area contributed by atoms with E-state index >= 15 is 0 Å². The van der Waals surface area contributed by atoms with Gasteiger partial charge < -0.3 is 14.5 Å². The summed E-state index contributed by atoms with van der Waals surface area (Å²) in [7, 11) is 0. The maximum absolute atomic E-state index is 12.8. The van der Waals surface area contributed by atoms with Crippen LogP contribution in [0.4, 0.5) is 5.82 Å². The van der Waals surface area contributed by atoms with E-state index in [4.69, 9.17) is 4.74 Å². The lowest BCUT2D eigenvalue weighted by Crippen LogP contribution is -2.49. The van der Waals surface area contributed by atoms with Crippen LogP contribution in [0.25, 0.3) is 0 Å². The molecule has 2 aromatic rings. The standard InChI is InChI=1S/C22H28N4O2/c1-3-20-23-16(2)13-21(24-20)25-8-10-26(11-9-25)22(27)15-17-6-7-19-18(14-17)5-4-12-28-19/h6-7,13-14H,3-5,8-12,15H2,1-2H3. The van der Waals surface area contributed by atoms with Crippen molar-refractivity contribution in [3.05, 3.63) is 46.9 Å². The fourth-order valence-corrected chi connectivity index (χ4v) is 3.93. The Kier molecular flexibility index (Phi) is 5.46. The maximum atomic E-state index is 12.8. The third-order valence-corrected chi connectivity index (χ3v) is 5.49. The highest BCUT2D eigenvalue weighted by Crippen LogP contribution is 2.26. The van der Waals surface area contributed by atoms with Gasteiger partial charge in [0.25, 0.3) is 0 Å². The molecule has 0 bridgehead atoms. The molecule has 1 fully saturated rings. The lowest BCUT2D eigenvalue weighted by molar-refractivity contribution is -0.130. The third-order valence-electron chi connectivity index (χ3n) is 5.49. The summed E-state index contributed by atoms with van der Waals surface area (Å²) in [6.07, 6.45) is 3.38. The molecule has 4 rings (SSSR count). The zero-order valence-electron chi connectivity index (χ0n) is 16.8. The van der Waals surface area contributed by atoms with Gasteiger partial charge in [-0.15, -0.1) is 0 Å². The van der Waals surface area contributed by atoms with Gasteiger partial charge in [-0.2, -0.15) is 0 Å². The minimum absolute atomic E-state index is 0.199. The molecule has 1 aromatic carbocycles. The van der Waals surface area contributed by atoms with Crippen molar-refractivity contribution in [3.8, 4) is 5.75 Å². The number of anilines is 1. The number of hydrogen-bond donors (Lipinski definition) is 0. The van der Waals surface area contributed by atoms with Crippen molar-refractivity contribution in [1.29, 1.82) is 0 Å². The number of benzene rings is 1. The van der Waals surface area contributed by atoms with Crippen LogP contribution in [0.15, 0.2) is 24.3 Å². The van der Waals surface area contributed by atoms with Crippen LogP contribution >= 0.6 is 0 Å². The van der Waals surface area contributed by atoms with Crippen molar-refractivity contribution in [2.75, 3.05) is 37.7 Å². The minimum atomic E-state index is 0.199. The molecule has 6 nitrogen and oxygen atoms in total. The van der Waals surface area contributed by atoms with E-state index in [1.54, 1.807) is 0 Å². The first-order valence-corrected chi connectivity index (χ1v) is 10.2. The monoisotopic (exact) mass is 380 g/mol. The van der Waals surface area contributed by atoms with Gasteiger partial charge in [-0.3, -0.25) is 4.79 Å². The number of carbonyl (C=O) groups is 1. The molecule has 0 radical (unpaired) electrons. The molecule has 3 heterocycles. The molecule has 0 unspecified atom stereocenters. The first kappa shape index (κ1) is 18.7. The molecule has 0 aliphatic carbocycles. The lowest BCUT2D eigenvalue weighted by Gasteiger charge is -2.35. The van der Waals surface area contributed by atoms with E-state index in [0.29, 0.717) is 6.42 Å². The number of aryl methyl sites for hydroxylation is 3.